The van der Waals surface area contributed by atoms with Gasteiger partial charge in [-0.05, 0) is 31.0 Å². The molecule has 0 aromatic heterocycles. The first kappa shape index (κ1) is 15.6. The molecule has 1 aromatic carbocycles. The van der Waals surface area contributed by atoms with Crippen molar-refractivity contribution in [2.45, 2.75) is 13.8 Å². The molecule has 4 nitrogen and oxygen atoms in total. The molecule has 1 N–H and O–H groups in total. The van der Waals surface area contributed by atoms with E-state index in [1.165, 1.54) is 16.8 Å². The zero-order valence-electron chi connectivity index (χ0n) is 13.1. The number of benzene rings is 1. The van der Waals surface area contributed by atoms with Crippen LogP contribution in [0.1, 0.15) is 11.1 Å². The summed E-state index contributed by atoms with van der Waals surface area (Å²) < 4.78 is 0. The zero-order valence-corrected chi connectivity index (χ0v) is 13.1. The smallest absolute Gasteiger partial charge is 0.236 e. The van der Waals surface area contributed by atoms with Gasteiger partial charge in [0.2, 0.25) is 5.91 Å². The Balaban J connectivity index is 1.89. The maximum absolute atomic E-state index is 12.0. The quantitative estimate of drug-likeness (QED) is 0.662. The van der Waals surface area contributed by atoms with Crippen LogP contribution >= 0.6 is 0 Å². The predicted octanol–water partition coefficient (Wildman–Crippen LogP) is 1.73. The van der Waals surface area contributed by atoms with Crippen molar-refractivity contribution in [1.29, 1.82) is 0 Å². The number of anilines is 1. The minimum atomic E-state index is 0.178. The third-order valence-electron chi connectivity index (χ3n) is 4.11. The molecule has 1 saturated heterocycles. The molecule has 0 spiro atoms. The summed E-state index contributed by atoms with van der Waals surface area (Å²) >= 11 is 0. The van der Waals surface area contributed by atoms with Crippen molar-refractivity contribution in [2.75, 3.05) is 44.2 Å². The van der Waals surface area contributed by atoms with E-state index in [-0.39, 0.29) is 5.91 Å². The van der Waals surface area contributed by atoms with E-state index >= 15 is 0 Å². The van der Waals surface area contributed by atoms with E-state index in [4.69, 9.17) is 0 Å². The molecule has 0 aliphatic carbocycles. The molecule has 0 radical (unpaired) electrons. The van der Waals surface area contributed by atoms with Gasteiger partial charge in [0.25, 0.3) is 0 Å². The van der Waals surface area contributed by atoms with Crippen molar-refractivity contribution in [3.8, 4) is 0 Å². The van der Waals surface area contributed by atoms with Gasteiger partial charge in [-0.2, -0.15) is 0 Å². The summed E-state index contributed by atoms with van der Waals surface area (Å²) in [6.45, 7) is 12.4. The molecule has 1 fully saturated rings. The molecule has 1 amide bonds. The molecule has 1 aliphatic rings. The standard InChI is InChI=1S/C17H25N3O/c1-4-8-18-13-17(21)20-11-9-19(10-12-20)16-7-5-6-14(2)15(16)3/h4-7,18H,1,8-13H2,2-3H3. The highest BCUT2D eigenvalue weighted by atomic mass is 16.2. The fraction of sp³-hybridized carbons (Fsp3) is 0.471. The number of aryl methyl sites for hydroxylation is 1. The normalized spacial score (nSPS) is 15.1. The number of rotatable bonds is 5. The Morgan fingerprint density at radius 3 is 2.67 bits per heavy atom. The minimum absolute atomic E-state index is 0.178. The molecule has 0 bridgehead atoms. The number of nitrogens with one attached hydrogen (secondary N) is 1. The molecule has 1 heterocycles. The molecule has 1 aliphatic heterocycles. The largest absolute Gasteiger partial charge is 0.368 e. The molecule has 0 unspecified atom stereocenters. The third-order valence-corrected chi connectivity index (χ3v) is 4.11. The van der Waals surface area contributed by atoms with E-state index in [1.807, 2.05) is 4.90 Å². The number of nitrogens with zero attached hydrogens (tertiary/aromatic N) is 2. The Hall–Kier alpha value is -1.81. The number of hydrogen-bond acceptors (Lipinski definition) is 3. The van der Waals surface area contributed by atoms with Gasteiger partial charge in [0.15, 0.2) is 0 Å². The average Bonchev–Trinajstić information content (AvgIpc) is 2.50. The first-order valence-electron chi connectivity index (χ1n) is 7.54. The Labute approximate surface area is 127 Å². The second-order valence-electron chi connectivity index (χ2n) is 5.51. The Bertz CT molecular complexity index is 505. The van der Waals surface area contributed by atoms with Gasteiger partial charge in [0.1, 0.15) is 0 Å². The van der Waals surface area contributed by atoms with Crippen LogP contribution in [0.5, 0.6) is 0 Å². The van der Waals surface area contributed by atoms with Gasteiger partial charge in [-0.1, -0.05) is 18.2 Å². The monoisotopic (exact) mass is 287 g/mol. The number of piperazine rings is 1. The van der Waals surface area contributed by atoms with Crippen LogP contribution < -0.4 is 10.2 Å². The van der Waals surface area contributed by atoms with Gasteiger partial charge >= 0.3 is 0 Å². The van der Waals surface area contributed by atoms with Crippen LogP contribution in [0.25, 0.3) is 0 Å². The van der Waals surface area contributed by atoms with Crippen LogP contribution in [0.2, 0.25) is 0 Å². The Morgan fingerprint density at radius 2 is 2.00 bits per heavy atom. The maximum atomic E-state index is 12.0. The summed E-state index contributed by atoms with van der Waals surface area (Å²) in [6, 6.07) is 6.42. The van der Waals surface area contributed by atoms with Crippen molar-refractivity contribution >= 4 is 11.6 Å². The molecule has 21 heavy (non-hydrogen) atoms. The van der Waals surface area contributed by atoms with Gasteiger partial charge in [-0.3, -0.25) is 4.79 Å². The fourth-order valence-corrected chi connectivity index (χ4v) is 2.67. The van der Waals surface area contributed by atoms with Gasteiger partial charge < -0.3 is 15.1 Å². The number of amides is 1. The van der Waals surface area contributed by atoms with Crippen molar-refractivity contribution in [3.63, 3.8) is 0 Å². The topological polar surface area (TPSA) is 35.6 Å². The molecule has 2 rings (SSSR count). The Morgan fingerprint density at radius 1 is 1.29 bits per heavy atom. The highest BCUT2D eigenvalue weighted by molar-refractivity contribution is 5.78. The van der Waals surface area contributed by atoms with E-state index in [0.717, 1.165) is 26.2 Å². The second kappa shape index (κ2) is 7.27. The lowest BCUT2D eigenvalue weighted by Gasteiger charge is -2.37. The summed E-state index contributed by atoms with van der Waals surface area (Å²) in [5.41, 5.74) is 3.96. The molecular formula is C17H25N3O. The van der Waals surface area contributed by atoms with Crippen molar-refractivity contribution in [2.24, 2.45) is 0 Å². The highest BCUT2D eigenvalue weighted by Crippen LogP contribution is 2.23. The van der Waals surface area contributed by atoms with Crippen molar-refractivity contribution in [1.82, 2.24) is 10.2 Å². The van der Waals surface area contributed by atoms with Gasteiger partial charge in [-0.15, -0.1) is 6.58 Å². The van der Waals surface area contributed by atoms with E-state index < -0.39 is 0 Å². The van der Waals surface area contributed by atoms with Crippen LogP contribution in [0, 0.1) is 13.8 Å². The van der Waals surface area contributed by atoms with Gasteiger partial charge in [0, 0.05) is 38.4 Å². The van der Waals surface area contributed by atoms with Gasteiger partial charge in [0.05, 0.1) is 6.54 Å². The number of hydrogen-bond donors (Lipinski definition) is 1. The third kappa shape index (κ3) is 3.85. The molecular weight excluding hydrogens is 262 g/mol. The average molecular weight is 287 g/mol. The lowest BCUT2D eigenvalue weighted by Crippen LogP contribution is -2.51. The van der Waals surface area contributed by atoms with Crippen LogP contribution in [0.15, 0.2) is 30.9 Å². The molecule has 0 atom stereocenters. The molecule has 0 saturated carbocycles. The SMILES string of the molecule is C=CCNCC(=O)N1CCN(c2cccc(C)c2C)CC1. The van der Waals surface area contributed by atoms with Crippen LogP contribution in [0.4, 0.5) is 5.69 Å². The lowest BCUT2D eigenvalue weighted by atomic mass is 10.1. The molecule has 4 heteroatoms. The molecule has 114 valence electrons. The van der Waals surface area contributed by atoms with Crippen LogP contribution in [-0.2, 0) is 4.79 Å². The predicted molar refractivity (Wildman–Crippen MR) is 87.8 cm³/mol. The van der Waals surface area contributed by atoms with Crippen LogP contribution in [0.3, 0.4) is 0 Å². The van der Waals surface area contributed by atoms with E-state index in [9.17, 15) is 4.79 Å². The first-order chi connectivity index (χ1) is 10.1. The fourth-order valence-electron chi connectivity index (χ4n) is 2.67. The van der Waals surface area contributed by atoms with Crippen molar-refractivity contribution in [3.05, 3.63) is 42.0 Å². The maximum Gasteiger partial charge on any atom is 0.236 e. The second-order valence-corrected chi connectivity index (χ2v) is 5.51. The first-order valence-corrected chi connectivity index (χ1v) is 7.54. The van der Waals surface area contributed by atoms with E-state index in [0.29, 0.717) is 13.1 Å². The summed E-state index contributed by atoms with van der Waals surface area (Å²) in [7, 11) is 0. The van der Waals surface area contributed by atoms with E-state index in [1.54, 1.807) is 6.08 Å². The lowest BCUT2D eigenvalue weighted by molar-refractivity contribution is -0.130. The Kier molecular flexibility index (Phi) is 5.39. The number of carbonyl (C=O) groups excluding carboxylic acids is 1. The molecule has 1 aromatic rings. The minimum Gasteiger partial charge on any atom is -0.368 e. The zero-order chi connectivity index (χ0) is 15.2. The van der Waals surface area contributed by atoms with E-state index in [2.05, 4.69) is 48.8 Å². The summed E-state index contributed by atoms with van der Waals surface area (Å²) in [5.74, 6) is 0.178. The number of carbonyl (C=O) groups is 1. The van der Waals surface area contributed by atoms with Crippen LogP contribution in [-0.4, -0.2) is 50.1 Å². The van der Waals surface area contributed by atoms with Crippen molar-refractivity contribution < 1.29 is 4.79 Å². The highest BCUT2D eigenvalue weighted by Gasteiger charge is 2.21. The summed E-state index contributed by atoms with van der Waals surface area (Å²) in [6.07, 6.45) is 1.77. The summed E-state index contributed by atoms with van der Waals surface area (Å²) in [5, 5.41) is 3.07. The summed E-state index contributed by atoms with van der Waals surface area (Å²) in [4.78, 5) is 16.4. The van der Waals surface area contributed by atoms with Gasteiger partial charge in [-0.25, -0.2) is 0 Å².